The fourth-order valence-corrected chi connectivity index (χ4v) is 6.84. The predicted octanol–water partition coefficient (Wildman–Crippen LogP) is 3.42. The molecule has 0 N–H and O–H groups in total. The van der Waals surface area contributed by atoms with E-state index < -0.39 is 5.67 Å². The van der Waals surface area contributed by atoms with Gasteiger partial charge in [0.05, 0.1) is 0 Å². The van der Waals surface area contributed by atoms with Crippen LogP contribution in [0, 0.1) is 41.4 Å². The first-order valence-electron chi connectivity index (χ1n) is 6.94. The summed E-state index contributed by atoms with van der Waals surface area (Å²) in [6.45, 7) is 0. The highest BCUT2D eigenvalue weighted by Gasteiger charge is 2.70. The maximum atomic E-state index is 15.2. The van der Waals surface area contributed by atoms with Crippen LogP contribution < -0.4 is 0 Å². The molecule has 0 aromatic rings. The van der Waals surface area contributed by atoms with Gasteiger partial charge in [-0.15, -0.1) is 0 Å². The van der Waals surface area contributed by atoms with Crippen molar-refractivity contribution in [3.63, 3.8) is 0 Å². The summed E-state index contributed by atoms with van der Waals surface area (Å²) < 4.78 is 15.2. The van der Waals surface area contributed by atoms with Crippen molar-refractivity contribution < 1.29 is 4.39 Å². The molecule has 4 atom stereocenters. The fraction of sp³-hybridized carbons (Fsp3) is 1.00. The maximum absolute atomic E-state index is 15.2. The minimum Gasteiger partial charge on any atom is -0.243 e. The van der Waals surface area contributed by atoms with Gasteiger partial charge in [0.15, 0.2) is 0 Å². The molecular formula is C14H19F. The van der Waals surface area contributed by atoms with Crippen molar-refractivity contribution in [2.45, 2.75) is 44.2 Å². The molecule has 0 aliphatic heterocycles. The molecule has 7 rings (SSSR count). The molecule has 8 bridgehead atoms. The second-order valence-electron chi connectivity index (χ2n) is 7.25. The number of halogens is 1. The standard InChI is InChI=1S/C14H19F/c15-14-6-8-2-10-9-1-7(4-12(10)14)5-13(14)11(9)3-8/h7-13H,1-6H2. The van der Waals surface area contributed by atoms with E-state index in [4.69, 9.17) is 0 Å². The molecule has 0 radical (unpaired) electrons. The van der Waals surface area contributed by atoms with E-state index in [1.165, 1.54) is 32.1 Å². The van der Waals surface area contributed by atoms with Gasteiger partial charge in [0, 0.05) is 0 Å². The van der Waals surface area contributed by atoms with Crippen LogP contribution in [0.25, 0.3) is 0 Å². The minimum absolute atomic E-state index is 0.507. The molecule has 4 unspecified atom stereocenters. The van der Waals surface area contributed by atoms with Crippen LogP contribution in [0.2, 0.25) is 0 Å². The zero-order valence-corrected chi connectivity index (χ0v) is 9.16. The van der Waals surface area contributed by atoms with E-state index in [0.29, 0.717) is 11.8 Å². The SMILES string of the molecule is FC12CC3CC4C5CC(CC41)CC2C5C3. The van der Waals surface area contributed by atoms with Gasteiger partial charge in [-0.3, -0.25) is 0 Å². The van der Waals surface area contributed by atoms with Crippen molar-refractivity contribution in [3.8, 4) is 0 Å². The Bertz CT molecular complexity index is 312. The van der Waals surface area contributed by atoms with E-state index in [9.17, 15) is 0 Å². The number of alkyl halides is 1. The summed E-state index contributed by atoms with van der Waals surface area (Å²) in [6, 6.07) is 0. The molecule has 82 valence electrons. The highest BCUT2D eigenvalue weighted by Crippen LogP contribution is 2.73. The van der Waals surface area contributed by atoms with E-state index in [0.717, 1.165) is 36.0 Å². The Morgan fingerprint density at radius 1 is 0.733 bits per heavy atom. The smallest absolute Gasteiger partial charge is 0.117 e. The van der Waals surface area contributed by atoms with Gasteiger partial charge in [-0.05, 0) is 80.0 Å². The van der Waals surface area contributed by atoms with Crippen LogP contribution in [0.15, 0.2) is 0 Å². The molecule has 15 heavy (non-hydrogen) atoms. The van der Waals surface area contributed by atoms with Crippen molar-refractivity contribution in [1.82, 2.24) is 0 Å². The first-order chi connectivity index (χ1) is 7.25. The third-order valence-corrected chi connectivity index (χ3v) is 6.96. The molecule has 0 amide bonds. The zero-order chi connectivity index (χ0) is 9.78. The normalized spacial score (nSPS) is 73.0. The molecular weight excluding hydrogens is 187 g/mol. The Labute approximate surface area is 90.6 Å². The van der Waals surface area contributed by atoms with Crippen molar-refractivity contribution in [2.24, 2.45) is 41.4 Å². The van der Waals surface area contributed by atoms with Crippen LogP contribution in [0.1, 0.15) is 38.5 Å². The lowest BCUT2D eigenvalue weighted by atomic mass is 9.35. The van der Waals surface area contributed by atoms with Gasteiger partial charge in [0.2, 0.25) is 0 Å². The molecule has 7 aliphatic carbocycles. The summed E-state index contributed by atoms with van der Waals surface area (Å²) in [6.07, 6.45) is 7.75. The van der Waals surface area contributed by atoms with Gasteiger partial charge in [-0.2, -0.15) is 0 Å². The highest BCUT2D eigenvalue weighted by molar-refractivity contribution is 5.19. The summed E-state index contributed by atoms with van der Waals surface area (Å²) in [5.74, 6) is 5.33. The first kappa shape index (κ1) is 8.08. The van der Waals surface area contributed by atoms with Crippen LogP contribution in [0.4, 0.5) is 4.39 Å². The minimum atomic E-state index is -0.677. The van der Waals surface area contributed by atoms with Gasteiger partial charge in [0.1, 0.15) is 5.67 Å². The molecule has 0 saturated heterocycles. The van der Waals surface area contributed by atoms with Crippen LogP contribution in [0.3, 0.4) is 0 Å². The second-order valence-corrected chi connectivity index (χ2v) is 7.25. The first-order valence-corrected chi connectivity index (χ1v) is 6.94. The molecule has 0 aromatic heterocycles. The van der Waals surface area contributed by atoms with Crippen LogP contribution in [-0.2, 0) is 0 Å². The Balaban J connectivity index is 1.73. The van der Waals surface area contributed by atoms with Gasteiger partial charge < -0.3 is 0 Å². The lowest BCUT2D eigenvalue weighted by molar-refractivity contribution is -0.258. The van der Waals surface area contributed by atoms with Gasteiger partial charge >= 0.3 is 0 Å². The maximum Gasteiger partial charge on any atom is 0.117 e. The number of rotatable bonds is 0. The number of hydrogen-bond donors (Lipinski definition) is 0. The largest absolute Gasteiger partial charge is 0.243 e. The molecule has 0 spiro atoms. The van der Waals surface area contributed by atoms with Gasteiger partial charge in [-0.1, -0.05) is 0 Å². The molecule has 0 nitrogen and oxygen atoms in total. The third kappa shape index (κ3) is 0.708. The van der Waals surface area contributed by atoms with E-state index in [1.807, 2.05) is 0 Å². The van der Waals surface area contributed by atoms with Crippen molar-refractivity contribution >= 4 is 0 Å². The summed E-state index contributed by atoms with van der Waals surface area (Å²) in [5, 5.41) is 0. The van der Waals surface area contributed by atoms with Crippen molar-refractivity contribution in [3.05, 3.63) is 0 Å². The Morgan fingerprint density at radius 2 is 1.33 bits per heavy atom. The summed E-state index contributed by atoms with van der Waals surface area (Å²) in [5.41, 5.74) is -0.677. The van der Waals surface area contributed by atoms with Crippen LogP contribution in [-0.4, -0.2) is 5.67 Å². The summed E-state index contributed by atoms with van der Waals surface area (Å²) in [7, 11) is 0. The van der Waals surface area contributed by atoms with Crippen LogP contribution >= 0.6 is 0 Å². The Kier molecular flexibility index (Phi) is 1.16. The highest BCUT2D eigenvalue weighted by atomic mass is 19.1. The lowest BCUT2D eigenvalue weighted by Gasteiger charge is -2.71. The van der Waals surface area contributed by atoms with Crippen LogP contribution in [0.5, 0.6) is 0 Å². The van der Waals surface area contributed by atoms with Gasteiger partial charge in [0.25, 0.3) is 0 Å². The molecule has 0 aromatic carbocycles. The third-order valence-electron chi connectivity index (χ3n) is 6.96. The monoisotopic (exact) mass is 206 g/mol. The molecule has 0 heterocycles. The quantitative estimate of drug-likeness (QED) is 0.569. The zero-order valence-electron chi connectivity index (χ0n) is 9.16. The predicted molar refractivity (Wildman–Crippen MR) is 56.0 cm³/mol. The Morgan fingerprint density at radius 3 is 2.00 bits per heavy atom. The topological polar surface area (TPSA) is 0 Å². The number of hydrogen-bond acceptors (Lipinski definition) is 0. The summed E-state index contributed by atoms with van der Waals surface area (Å²) in [4.78, 5) is 0. The average molecular weight is 206 g/mol. The second kappa shape index (κ2) is 2.15. The molecule has 7 fully saturated rings. The van der Waals surface area contributed by atoms with Gasteiger partial charge in [-0.25, -0.2) is 4.39 Å². The van der Waals surface area contributed by atoms with E-state index in [1.54, 1.807) is 0 Å². The van der Waals surface area contributed by atoms with E-state index in [2.05, 4.69) is 0 Å². The van der Waals surface area contributed by atoms with Crippen molar-refractivity contribution in [1.29, 1.82) is 0 Å². The molecule has 1 heteroatoms. The fourth-order valence-electron chi connectivity index (χ4n) is 6.84. The lowest BCUT2D eigenvalue weighted by Crippen LogP contribution is -2.69. The Hall–Kier alpha value is -0.0700. The van der Waals surface area contributed by atoms with E-state index >= 15 is 4.39 Å². The van der Waals surface area contributed by atoms with E-state index in [-0.39, 0.29) is 0 Å². The average Bonchev–Trinajstić information content (AvgIpc) is 2.24. The summed E-state index contributed by atoms with van der Waals surface area (Å²) >= 11 is 0. The van der Waals surface area contributed by atoms with Crippen molar-refractivity contribution in [2.75, 3.05) is 0 Å². The molecule has 7 aliphatic rings. The molecule has 7 saturated carbocycles.